The molecule has 6 heteroatoms. The van der Waals surface area contributed by atoms with Gasteiger partial charge < -0.3 is 19.3 Å². The van der Waals surface area contributed by atoms with E-state index in [1.807, 2.05) is 27.7 Å². The van der Waals surface area contributed by atoms with Crippen LogP contribution in [-0.4, -0.2) is 30.9 Å². The molecule has 168 valence electrons. The highest BCUT2D eigenvalue weighted by molar-refractivity contribution is 5.97. The van der Waals surface area contributed by atoms with Crippen LogP contribution in [-0.2, 0) is 15.9 Å². The molecule has 2 rings (SSSR count). The molecule has 0 fully saturated rings. The van der Waals surface area contributed by atoms with Crippen molar-refractivity contribution < 1.29 is 28.9 Å². The van der Waals surface area contributed by atoms with Gasteiger partial charge in [0.25, 0.3) is 0 Å². The van der Waals surface area contributed by atoms with E-state index in [4.69, 9.17) is 14.2 Å². The highest BCUT2D eigenvalue weighted by Gasteiger charge is 2.26. The van der Waals surface area contributed by atoms with Crippen molar-refractivity contribution in [1.29, 1.82) is 0 Å². The first kappa shape index (κ1) is 24.4. The summed E-state index contributed by atoms with van der Waals surface area (Å²) < 4.78 is 15.9. The third-order valence-corrected chi connectivity index (χ3v) is 5.85. The molecular weight excluding hydrogens is 396 g/mol. The van der Waals surface area contributed by atoms with E-state index in [2.05, 4.69) is 0 Å². The average molecular weight is 429 g/mol. The molecule has 0 aromatic heterocycles. The Balaban J connectivity index is 2.55. The number of phenols is 1. The first-order chi connectivity index (χ1) is 14.6. The van der Waals surface area contributed by atoms with Crippen LogP contribution in [0.15, 0.2) is 6.07 Å². The molecule has 2 aromatic rings. The Labute approximate surface area is 184 Å². The smallest absolute Gasteiger partial charge is 0.344 e. The highest BCUT2D eigenvalue weighted by atomic mass is 16.7. The van der Waals surface area contributed by atoms with Crippen LogP contribution in [0, 0.1) is 41.5 Å². The number of ether oxygens (including phenoxy) is 3. The maximum Gasteiger partial charge on any atom is 0.344 e. The molecule has 0 atom stereocenters. The molecular formula is C25H32O6. The molecule has 0 saturated heterocycles. The van der Waals surface area contributed by atoms with Gasteiger partial charge in [-0.25, -0.2) is 9.59 Å². The van der Waals surface area contributed by atoms with Gasteiger partial charge in [-0.05, 0) is 93.0 Å². The van der Waals surface area contributed by atoms with Gasteiger partial charge >= 0.3 is 11.9 Å². The van der Waals surface area contributed by atoms with E-state index in [9.17, 15) is 14.7 Å². The van der Waals surface area contributed by atoms with Crippen molar-refractivity contribution >= 4 is 11.9 Å². The van der Waals surface area contributed by atoms with Crippen LogP contribution in [0.1, 0.15) is 73.0 Å². The normalized spacial score (nSPS) is 10.8. The second-order valence-corrected chi connectivity index (χ2v) is 7.87. The van der Waals surface area contributed by atoms with E-state index in [-0.39, 0.29) is 12.5 Å². The summed E-state index contributed by atoms with van der Waals surface area (Å²) in [4.78, 5) is 25.8. The van der Waals surface area contributed by atoms with E-state index < -0.39 is 11.9 Å². The zero-order valence-corrected chi connectivity index (χ0v) is 19.7. The standard InChI is InChI=1S/C25H32O6/c1-9-10-19-18(7)20(26)11-13(2)21(19)25(28)31-23-16(5)14(3)22(15(4)17(23)6)24(27)30-12-29-8/h11,26H,9-10,12H2,1-8H3. The van der Waals surface area contributed by atoms with Gasteiger partial charge in [0.15, 0.2) is 6.79 Å². The van der Waals surface area contributed by atoms with Crippen molar-refractivity contribution in [3.05, 3.63) is 56.1 Å². The second kappa shape index (κ2) is 9.96. The number of hydrogen-bond donors (Lipinski definition) is 1. The molecule has 0 aliphatic carbocycles. The molecule has 0 aliphatic rings. The minimum Gasteiger partial charge on any atom is -0.508 e. The molecule has 6 nitrogen and oxygen atoms in total. The molecule has 0 spiro atoms. The first-order valence-electron chi connectivity index (χ1n) is 10.4. The van der Waals surface area contributed by atoms with Crippen molar-refractivity contribution in [1.82, 2.24) is 0 Å². The highest BCUT2D eigenvalue weighted by Crippen LogP contribution is 2.35. The summed E-state index contributed by atoms with van der Waals surface area (Å²) in [5, 5.41) is 10.2. The number of phenolic OH excluding ortho intramolecular Hbond substituents is 1. The lowest BCUT2D eigenvalue weighted by molar-refractivity contribution is -0.0126. The largest absolute Gasteiger partial charge is 0.508 e. The number of carbonyl (C=O) groups excluding carboxylic acids is 2. The van der Waals surface area contributed by atoms with E-state index >= 15 is 0 Å². The number of hydrogen-bond acceptors (Lipinski definition) is 6. The third kappa shape index (κ3) is 4.74. The van der Waals surface area contributed by atoms with Gasteiger partial charge in [0, 0.05) is 7.11 Å². The molecule has 0 unspecified atom stereocenters. The van der Waals surface area contributed by atoms with Gasteiger partial charge in [0.1, 0.15) is 11.5 Å². The number of aryl methyl sites for hydroxylation is 1. The number of benzene rings is 2. The Bertz CT molecular complexity index is 991. The predicted octanol–water partition coefficient (Wildman–Crippen LogP) is 5.18. The molecule has 0 bridgehead atoms. The summed E-state index contributed by atoms with van der Waals surface area (Å²) in [5.41, 5.74) is 5.88. The van der Waals surface area contributed by atoms with Crippen molar-refractivity contribution in [2.45, 2.75) is 61.3 Å². The Morgan fingerprint density at radius 1 is 0.871 bits per heavy atom. The molecule has 0 amide bonds. The Morgan fingerprint density at radius 2 is 1.45 bits per heavy atom. The Kier molecular flexibility index (Phi) is 7.85. The number of methoxy groups -OCH3 is 1. The number of aromatic hydroxyl groups is 1. The van der Waals surface area contributed by atoms with Crippen LogP contribution in [0.5, 0.6) is 11.5 Å². The molecule has 0 saturated carbocycles. The maximum atomic E-state index is 13.3. The molecule has 0 aliphatic heterocycles. The van der Waals surface area contributed by atoms with Gasteiger partial charge in [-0.2, -0.15) is 0 Å². The van der Waals surface area contributed by atoms with Crippen LogP contribution in [0.4, 0.5) is 0 Å². The summed E-state index contributed by atoms with van der Waals surface area (Å²) in [6.07, 6.45) is 1.49. The van der Waals surface area contributed by atoms with Crippen molar-refractivity contribution in [2.24, 2.45) is 0 Å². The van der Waals surface area contributed by atoms with Crippen LogP contribution in [0.3, 0.4) is 0 Å². The minimum absolute atomic E-state index is 0.133. The van der Waals surface area contributed by atoms with Gasteiger partial charge in [-0.15, -0.1) is 0 Å². The number of esters is 2. The summed E-state index contributed by atoms with van der Waals surface area (Å²) >= 11 is 0. The number of carbonyl (C=O) groups is 2. The monoisotopic (exact) mass is 428 g/mol. The van der Waals surface area contributed by atoms with Crippen molar-refractivity contribution in [2.75, 3.05) is 13.9 Å². The third-order valence-electron chi connectivity index (χ3n) is 5.85. The van der Waals surface area contributed by atoms with Gasteiger partial charge in [-0.3, -0.25) is 0 Å². The fraction of sp³-hybridized carbons (Fsp3) is 0.440. The summed E-state index contributed by atoms with van der Waals surface area (Å²) in [6, 6.07) is 1.59. The summed E-state index contributed by atoms with van der Waals surface area (Å²) in [6.45, 7) is 12.7. The Morgan fingerprint density at radius 3 is 1.97 bits per heavy atom. The van der Waals surface area contributed by atoms with Crippen molar-refractivity contribution in [3.63, 3.8) is 0 Å². The lowest BCUT2D eigenvalue weighted by Gasteiger charge is -2.21. The zero-order chi connectivity index (χ0) is 23.5. The van der Waals surface area contributed by atoms with Crippen LogP contribution in [0.2, 0.25) is 0 Å². The first-order valence-corrected chi connectivity index (χ1v) is 10.4. The van der Waals surface area contributed by atoms with Crippen LogP contribution >= 0.6 is 0 Å². The molecule has 2 aromatic carbocycles. The van der Waals surface area contributed by atoms with Gasteiger partial charge in [0.2, 0.25) is 0 Å². The zero-order valence-electron chi connectivity index (χ0n) is 19.7. The molecule has 1 N–H and O–H groups in total. The topological polar surface area (TPSA) is 82.1 Å². The van der Waals surface area contributed by atoms with Crippen LogP contribution in [0.25, 0.3) is 0 Å². The van der Waals surface area contributed by atoms with E-state index in [1.165, 1.54) is 7.11 Å². The Hall–Kier alpha value is -2.86. The predicted molar refractivity (Wildman–Crippen MR) is 119 cm³/mol. The molecule has 31 heavy (non-hydrogen) atoms. The quantitative estimate of drug-likeness (QED) is 0.372. The van der Waals surface area contributed by atoms with Gasteiger partial charge in [-0.1, -0.05) is 13.3 Å². The van der Waals surface area contributed by atoms with E-state index in [0.717, 1.165) is 12.0 Å². The number of rotatable bonds is 7. The van der Waals surface area contributed by atoms with Gasteiger partial charge in [0.05, 0.1) is 11.1 Å². The summed E-state index contributed by atoms with van der Waals surface area (Å²) in [5.74, 6) is -0.328. The SMILES string of the molecule is CCCc1c(C)c(O)cc(C)c1C(=O)Oc1c(C)c(C)c(C(=O)OCOC)c(C)c1C. The van der Waals surface area contributed by atoms with Crippen molar-refractivity contribution in [3.8, 4) is 11.5 Å². The van der Waals surface area contributed by atoms with E-state index in [0.29, 0.717) is 56.7 Å². The second-order valence-electron chi connectivity index (χ2n) is 7.87. The van der Waals surface area contributed by atoms with E-state index in [1.54, 1.807) is 26.8 Å². The lowest BCUT2D eigenvalue weighted by Crippen LogP contribution is -2.18. The lowest BCUT2D eigenvalue weighted by atomic mass is 9.92. The van der Waals surface area contributed by atoms with Crippen LogP contribution < -0.4 is 4.74 Å². The average Bonchev–Trinajstić information content (AvgIpc) is 2.72. The maximum absolute atomic E-state index is 13.3. The molecule has 0 radical (unpaired) electrons. The molecule has 0 heterocycles. The minimum atomic E-state index is -0.476. The fourth-order valence-electron chi connectivity index (χ4n) is 3.88. The fourth-order valence-corrected chi connectivity index (χ4v) is 3.88. The summed E-state index contributed by atoms with van der Waals surface area (Å²) in [7, 11) is 1.45.